The van der Waals surface area contributed by atoms with Crippen molar-refractivity contribution in [2.45, 2.75) is 19.0 Å². The van der Waals surface area contributed by atoms with E-state index in [1.165, 1.54) is 17.3 Å². The average molecular weight is 372 g/mol. The summed E-state index contributed by atoms with van der Waals surface area (Å²) in [7, 11) is 0. The lowest BCUT2D eigenvalue weighted by molar-refractivity contribution is -0.142. The number of aliphatic carboxylic acids is 1. The van der Waals surface area contributed by atoms with Crippen molar-refractivity contribution in [2.75, 3.05) is 0 Å². The largest absolute Gasteiger partial charge is 0.480 e. The first kappa shape index (κ1) is 16.4. The van der Waals surface area contributed by atoms with E-state index in [-0.39, 0.29) is 18.7 Å². The van der Waals surface area contributed by atoms with E-state index in [0.717, 1.165) is 5.69 Å². The third-order valence-corrected chi connectivity index (χ3v) is 4.73. The van der Waals surface area contributed by atoms with Gasteiger partial charge >= 0.3 is 5.97 Å². The van der Waals surface area contributed by atoms with Crippen LogP contribution in [0, 0.1) is 0 Å². The molecule has 0 radical (unpaired) electrons. The number of fused-ring (bicyclic) bond motifs is 1. The molecular weight excluding hydrogens is 358 g/mol. The molecule has 4 rings (SSSR count). The van der Waals surface area contributed by atoms with Gasteiger partial charge in [0, 0.05) is 12.0 Å². The maximum Gasteiger partial charge on any atom is 0.326 e. The van der Waals surface area contributed by atoms with Gasteiger partial charge in [0.15, 0.2) is 5.76 Å². The Morgan fingerprint density at radius 2 is 2.08 bits per heavy atom. The topological polar surface area (TPSA) is 99.4 Å². The number of halogens is 1. The van der Waals surface area contributed by atoms with E-state index in [9.17, 15) is 14.7 Å². The maximum atomic E-state index is 12.9. The smallest absolute Gasteiger partial charge is 0.326 e. The Kier molecular flexibility index (Phi) is 4.00. The van der Waals surface area contributed by atoms with Gasteiger partial charge in [0.05, 0.1) is 29.3 Å². The van der Waals surface area contributed by atoms with E-state index in [1.807, 2.05) is 6.07 Å². The summed E-state index contributed by atoms with van der Waals surface area (Å²) < 4.78 is 5.67. The molecule has 2 aromatic heterocycles. The summed E-state index contributed by atoms with van der Waals surface area (Å²) >= 11 is 6.16. The molecule has 1 atom stereocenters. The van der Waals surface area contributed by atoms with Crippen LogP contribution in [0.15, 0.2) is 47.1 Å². The zero-order valence-electron chi connectivity index (χ0n) is 13.5. The summed E-state index contributed by atoms with van der Waals surface area (Å²) in [5.41, 5.74) is 2.06. The molecule has 26 heavy (non-hydrogen) atoms. The fourth-order valence-corrected chi connectivity index (χ4v) is 3.30. The molecule has 3 aromatic rings. The van der Waals surface area contributed by atoms with E-state index in [1.54, 1.807) is 24.3 Å². The van der Waals surface area contributed by atoms with Crippen LogP contribution in [0.25, 0.3) is 11.3 Å². The van der Waals surface area contributed by atoms with Crippen molar-refractivity contribution in [3.8, 4) is 11.3 Å². The molecular formula is C18H14ClN3O4. The number of benzene rings is 1. The first-order valence-corrected chi connectivity index (χ1v) is 8.32. The number of carbonyl (C=O) groups is 2. The molecule has 1 amide bonds. The molecule has 7 nitrogen and oxygen atoms in total. The fraction of sp³-hybridized carbons (Fsp3) is 0.167. The number of carboxylic acid groups (broad SMARTS) is 1. The number of aromatic nitrogens is 2. The molecule has 0 spiro atoms. The fourth-order valence-electron chi connectivity index (χ4n) is 3.07. The number of carbonyl (C=O) groups excluding carboxylic acids is 1. The Morgan fingerprint density at radius 3 is 2.85 bits per heavy atom. The van der Waals surface area contributed by atoms with Gasteiger partial charge in [-0.05, 0) is 24.3 Å². The highest BCUT2D eigenvalue weighted by atomic mass is 35.5. The zero-order valence-corrected chi connectivity index (χ0v) is 14.2. The third-order valence-electron chi connectivity index (χ3n) is 4.40. The molecule has 1 aliphatic rings. The standard InChI is InChI=1S/C18H14ClN3O4/c19-11-4-2-1-3-10(11)15-5-6-16(26-15)17(23)22-8-13-12(20-9-21-13)7-14(22)18(24)25/h1-6,9,14H,7-8H2,(H,20,21)(H,24,25). The Balaban J connectivity index is 1.65. The number of imidazole rings is 1. The van der Waals surface area contributed by atoms with Gasteiger partial charge in [-0.25, -0.2) is 9.78 Å². The molecule has 2 N–H and O–H groups in total. The van der Waals surface area contributed by atoms with Gasteiger partial charge in [0.2, 0.25) is 0 Å². The number of aromatic amines is 1. The molecule has 0 saturated carbocycles. The minimum atomic E-state index is -1.08. The van der Waals surface area contributed by atoms with Crippen molar-refractivity contribution in [2.24, 2.45) is 0 Å². The van der Waals surface area contributed by atoms with Crippen molar-refractivity contribution in [3.05, 3.63) is 64.9 Å². The van der Waals surface area contributed by atoms with E-state index in [0.29, 0.717) is 22.0 Å². The minimum absolute atomic E-state index is 0.0640. The molecule has 0 bridgehead atoms. The van der Waals surface area contributed by atoms with Gasteiger partial charge in [-0.2, -0.15) is 0 Å². The number of rotatable bonds is 3. The molecule has 1 aromatic carbocycles. The van der Waals surface area contributed by atoms with E-state index in [4.69, 9.17) is 16.0 Å². The number of hydrogen-bond acceptors (Lipinski definition) is 4. The van der Waals surface area contributed by atoms with E-state index in [2.05, 4.69) is 9.97 Å². The van der Waals surface area contributed by atoms with Gasteiger partial charge in [0.1, 0.15) is 11.8 Å². The molecule has 0 saturated heterocycles. The van der Waals surface area contributed by atoms with Gasteiger partial charge in [-0.1, -0.05) is 23.7 Å². The summed E-state index contributed by atoms with van der Waals surface area (Å²) in [6.07, 6.45) is 1.65. The first-order valence-electron chi connectivity index (χ1n) is 7.94. The molecule has 132 valence electrons. The molecule has 0 fully saturated rings. The molecule has 8 heteroatoms. The number of amides is 1. The third kappa shape index (κ3) is 2.76. The summed E-state index contributed by atoms with van der Waals surface area (Å²) in [4.78, 5) is 32.8. The second-order valence-corrected chi connectivity index (χ2v) is 6.37. The SMILES string of the molecule is O=C(O)C1Cc2nc[nH]c2CN1C(=O)c1ccc(-c2ccccc2Cl)o1. The minimum Gasteiger partial charge on any atom is -0.480 e. The van der Waals surface area contributed by atoms with Crippen molar-refractivity contribution >= 4 is 23.5 Å². The predicted octanol–water partition coefficient (Wildman–Crippen LogP) is 2.97. The molecule has 1 unspecified atom stereocenters. The lowest BCUT2D eigenvalue weighted by Crippen LogP contribution is -2.48. The van der Waals surface area contributed by atoms with Crippen molar-refractivity contribution < 1.29 is 19.1 Å². The maximum absolute atomic E-state index is 12.9. The summed E-state index contributed by atoms with van der Waals surface area (Å²) in [5, 5.41) is 10.0. The summed E-state index contributed by atoms with van der Waals surface area (Å²) in [6.45, 7) is 0.132. The van der Waals surface area contributed by atoms with Crippen LogP contribution in [0.1, 0.15) is 21.9 Å². The summed E-state index contributed by atoms with van der Waals surface area (Å²) in [6, 6.07) is 9.31. The van der Waals surface area contributed by atoms with E-state index >= 15 is 0 Å². The predicted molar refractivity (Wildman–Crippen MR) is 92.7 cm³/mol. The Hall–Kier alpha value is -3.06. The van der Waals surface area contributed by atoms with Crippen LogP contribution in [0.2, 0.25) is 5.02 Å². The molecule has 0 aliphatic carbocycles. The highest BCUT2D eigenvalue weighted by Crippen LogP contribution is 2.30. The second-order valence-electron chi connectivity index (χ2n) is 5.96. The second kappa shape index (κ2) is 6.34. The highest BCUT2D eigenvalue weighted by Gasteiger charge is 2.37. The lowest BCUT2D eigenvalue weighted by Gasteiger charge is -2.31. The Morgan fingerprint density at radius 1 is 1.27 bits per heavy atom. The van der Waals surface area contributed by atoms with Crippen LogP contribution in [-0.4, -0.2) is 37.9 Å². The van der Waals surface area contributed by atoms with Crippen molar-refractivity contribution in [1.29, 1.82) is 0 Å². The van der Waals surface area contributed by atoms with Crippen molar-refractivity contribution in [3.63, 3.8) is 0 Å². The number of furan rings is 1. The quantitative estimate of drug-likeness (QED) is 0.737. The van der Waals surface area contributed by atoms with Crippen LogP contribution < -0.4 is 0 Å². The van der Waals surface area contributed by atoms with Crippen LogP contribution in [0.4, 0.5) is 0 Å². The number of H-pyrrole nitrogens is 1. The first-order chi connectivity index (χ1) is 12.5. The van der Waals surface area contributed by atoms with Gasteiger partial charge in [-0.15, -0.1) is 0 Å². The number of hydrogen-bond donors (Lipinski definition) is 2. The van der Waals surface area contributed by atoms with E-state index < -0.39 is 17.9 Å². The van der Waals surface area contributed by atoms with Crippen LogP contribution in [-0.2, 0) is 17.8 Å². The molecule has 3 heterocycles. The number of carboxylic acids is 1. The Labute approximate surface area is 153 Å². The van der Waals surface area contributed by atoms with Crippen LogP contribution in [0.5, 0.6) is 0 Å². The number of nitrogens with zero attached hydrogens (tertiary/aromatic N) is 2. The zero-order chi connectivity index (χ0) is 18.3. The normalized spacial score (nSPS) is 16.3. The summed E-state index contributed by atoms with van der Waals surface area (Å²) in [5.74, 6) is -1.06. The van der Waals surface area contributed by atoms with Crippen LogP contribution >= 0.6 is 11.6 Å². The Bertz CT molecular complexity index is 994. The lowest BCUT2D eigenvalue weighted by atomic mass is 10.0. The van der Waals surface area contributed by atoms with Gasteiger partial charge in [-0.3, -0.25) is 4.79 Å². The van der Waals surface area contributed by atoms with Gasteiger partial charge < -0.3 is 19.4 Å². The molecule has 1 aliphatic heterocycles. The van der Waals surface area contributed by atoms with Crippen molar-refractivity contribution in [1.82, 2.24) is 14.9 Å². The highest BCUT2D eigenvalue weighted by molar-refractivity contribution is 6.33. The average Bonchev–Trinajstić information content (AvgIpc) is 3.29. The number of nitrogens with one attached hydrogen (secondary N) is 1. The van der Waals surface area contributed by atoms with Gasteiger partial charge in [0.25, 0.3) is 5.91 Å². The monoisotopic (exact) mass is 371 g/mol. The van der Waals surface area contributed by atoms with Crippen LogP contribution in [0.3, 0.4) is 0 Å².